The Labute approximate surface area is 205 Å². The van der Waals surface area contributed by atoms with E-state index in [1.807, 2.05) is 32.0 Å². The van der Waals surface area contributed by atoms with Gasteiger partial charge < -0.3 is 4.74 Å². The van der Waals surface area contributed by atoms with Crippen LogP contribution in [-0.2, 0) is 4.79 Å². The molecule has 0 aromatic heterocycles. The second-order valence-electron chi connectivity index (χ2n) is 7.39. The summed E-state index contributed by atoms with van der Waals surface area (Å²) >= 11 is 13.0. The van der Waals surface area contributed by atoms with Gasteiger partial charge in [-0.2, -0.15) is 0 Å². The first-order chi connectivity index (χ1) is 15.7. The number of carbonyl (C=O) groups is 2. The van der Waals surface area contributed by atoms with E-state index in [4.69, 9.17) is 28.6 Å². The highest BCUT2D eigenvalue weighted by Gasteiger charge is 2.34. The number of thiocarbonyl (C=S) groups is 1. The molecule has 1 saturated heterocycles. The SMILES string of the molecule is Cc1ccc(N2C(=O)C(=Cc3ccc(OC(=O)c4ccc(F)cc4)c(Cl)c3)SC2=S)c(C)c1. The summed E-state index contributed by atoms with van der Waals surface area (Å²) in [6.45, 7) is 3.93. The fraction of sp³-hybridized carbons (Fsp3) is 0.0800. The number of hydrogen-bond donors (Lipinski definition) is 0. The Balaban J connectivity index is 1.54. The molecule has 1 amide bonds. The summed E-state index contributed by atoms with van der Waals surface area (Å²) in [7, 11) is 0. The lowest BCUT2D eigenvalue weighted by molar-refractivity contribution is -0.113. The minimum atomic E-state index is -0.654. The van der Waals surface area contributed by atoms with Crippen molar-refractivity contribution in [1.29, 1.82) is 0 Å². The molecule has 0 atom stereocenters. The van der Waals surface area contributed by atoms with Crippen LogP contribution >= 0.6 is 35.6 Å². The van der Waals surface area contributed by atoms with Crippen LogP contribution in [0.4, 0.5) is 10.1 Å². The fourth-order valence-corrected chi connectivity index (χ4v) is 4.83. The van der Waals surface area contributed by atoms with Crippen molar-refractivity contribution in [3.05, 3.63) is 98.7 Å². The Morgan fingerprint density at radius 2 is 1.82 bits per heavy atom. The Kier molecular flexibility index (Phi) is 6.65. The molecule has 0 radical (unpaired) electrons. The lowest BCUT2D eigenvalue weighted by atomic mass is 10.1. The third-order valence-electron chi connectivity index (χ3n) is 4.92. The maximum atomic E-state index is 13.1. The molecule has 1 heterocycles. The molecule has 4 rings (SSSR count). The highest BCUT2D eigenvalue weighted by Crippen LogP contribution is 2.38. The topological polar surface area (TPSA) is 46.6 Å². The van der Waals surface area contributed by atoms with Gasteiger partial charge in [0.2, 0.25) is 0 Å². The number of amides is 1. The van der Waals surface area contributed by atoms with Gasteiger partial charge in [-0.3, -0.25) is 9.69 Å². The van der Waals surface area contributed by atoms with Crippen LogP contribution in [0.2, 0.25) is 5.02 Å². The summed E-state index contributed by atoms with van der Waals surface area (Å²) in [5.41, 5.74) is 3.68. The number of anilines is 1. The largest absolute Gasteiger partial charge is 0.421 e. The van der Waals surface area contributed by atoms with Gasteiger partial charge in [0, 0.05) is 0 Å². The first-order valence-corrected chi connectivity index (χ1v) is 11.5. The maximum absolute atomic E-state index is 13.1. The molecular weight excluding hydrogens is 481 g/mol. The van der Waals surface area contributed by atoms with Crippen LogP contribution in [0.25, 0.3) is 6.08 Å². The Hall–Kier alpha value is -3.00. The Morgan fingerprint density at radius 1 is 1.09 bits per heavy atom. The van der Waals surface area contributed by atoms with Crippen LogP contribution in [0, 0.1) is 19.7 Å². The molecule has 8 heteroatoms. The van der Waals surface area contributed by atoms with Crippen molar-refractivity contribution in [1.82, 2.24) is 0 Å². The summed E-state index contributed by atoms with van der Waals surface area (Å²) in [5.74, 6) is -1.15. The molecule has 0 aliphatic carbocycles. The minimum absolute atomic E-state index is 0.158. The number of rotatable bonds is 4. The normalized spacial score (nSPS) is 14.8. The minimum Gasteiger partial charge on any atom is -0.421 e. The third-order valence-corrected chi connectivity index (χ3v) is 6.52. The molecule has 0 unspecified atom stereocenters. The van der Waals surface area contributed by atoms with Gasteiger partial charge in [0.25, 0.3) is 5.91 Å². The van der Waals surface area contributed by atoms with Gasteiger partial charge in [0.15, 0.2) is 4.32 Å². The molecule has 3 aromatic carbocycles. The Morgan fingerprint density at radius 3 is 2.48 bits per heavy atom. The van der Waals surface area contributed by atoms with Gasteiger partial charge >= 0.3 is 5.97 Å². The average Bonchev–Trinajstić information content (AvgIpc) is 3.03. The van der Waals surface area contributed by atoms with Gasteiger partial charge in [0.1, 0.15) is 11.6 Å². The second-order valence-corrected chi connectivity index (χ2v) is 9.48. The van der Waals surface area contributed by atoms with Crippen LogP contribution in [-0.4, -0.2) is 16.2 Å². The number of benzene rings is 3. The first kappa shape index (κ1) is 23.2. The van der Waals surface area contributed by atoms with Crippen molar-refractivity contribution in [3.8, 4) is 5.75 Å². The predicted octanol–water partition coefficient (Wildman–Crippen LogP) is 6.72. The van der Waals surface area contributed by atoms with Gasteiger partial charge in [-0.25, -0.2) is 9.18 Å². The van der Waals surface area contributed by atoms with E-state index in [0.717, 1.165) is 16.8 Å². The lowest BCUT2D eigenvalue weighted by Gasteiger charge is -2.17. The van der Waals surface area contributed by atoms with E-state index in [1.54, 1.807) is 24.3 Å². The highest BCUT2D eigenvalue weighted by atomic mass is 35.5. The number of hydrogen-bond acceptors (Lipinski definition) is 5. The van der Waals surface area contributed by atoms with Crippen molar-refractivity contribution >= 4 is 63.5 Å². The van der Waals surface area contributed by atoms with Crippen LogP contribution in [0.1, 0.15) is 27.0 Å². The molecule has 0 bridgehead atoms. The van der Waals surface area contributed by atoms with Crippen molar-refractivity contribution in [2.24, 2.45) is 0 Å². The summed E-state index contributed by atoms with van der Waals surface area (Å²) < 4.78 is 18.8. The first-order valence-electron chi connectivity index (χ1n) is 9.85. The average molecular weight is 498 g/mol. The number of thioether (sulfide) groups is 1. The summed E-state index contributed by atoms with van der Waals surface area (Å²) in [5, 5.41) is 0.198. The number of esters is 1. The quantitative estimate of drug-likeness (QED) is 0.173. The van der Waals surface area contributed by atoms with E-state index in [-0.39, 0.29) is 22.2 Å². The zero-order valence-electron chi connectivity index (χ0n) is 17.6. The lowest BCUT2D eigenvalue weighted by Crippen LogP contribution is -2.28. The summed E-state index contributed by atoms with van der Waals surface area (Å²) in [6, 6.07) is 15.7. The predicted molar refractivity (Wildman–Crippen MR) is 134 cm³/mol. The summed E-state index contributed by atoms with van der Waals surface area (Å²) in [4.78, 5) is 27.3. The number of aryl methyl sites for hydroxylation is 2. The molecule has 33 heavy (non-hydrogen) atoms. The molecule has 166 valence electrons. The van der Waals surface area contributed by atoms with E-state index in [9.17, 15) is 14.0 Å². The van der Waals surface area contributed by atoms with Crippen LogP contribution in [0.15, 0.2) is 65.6 Å². The Bertz CT molecular complexity index is 1320. The molecule has 1 fully saturated rings. The zero-order chi connectivity index (χ0) is 23.7. The monoisotopic (exact) mass is 497 g/mol. The van der Waals surface area contributed by atoms with Gasteiger partial charge in [-0.1, -0.05) is 59.3 Å². The number of carbonyl (C=O) groups excluding carboxylic acids is 2. The van der Waals surface area contributed by atoms with Crippen molar-refractivity contribution in [2.45, 2.75) is 13.8 Å². The highest BCUT2D eigenvalue weighted by molar-refractivity contribution is 8.27. The van der Waals surface area contributed by atoms with Crippen molar-refractivity contribution in [2.75, 3.05) is 4.90 Å². The van der Waals surface area contributed by atoms with Gasteiger partial charge in [0.05, 0.1) is 21.2 Å². The molecule has 0 N–H and O–H groups in total. The fourth-order valence-electron chi connectivity index (χ4n) is 3.32. The van der Waals surface area contributed by atoms with Gasteiger partial charge in [-0.15, -0.1) is 0 Å². The maximum Gasteiger partial charge on any atom is 0.343 e. The van der Waals surface area contributed by atoms with Crippen LogP contribution in [0.3, 0.4) is 0 Å². The molecule has 0 spiro atoms. The molecule has 1 aliphatic heterocycles. The zero-order valence-corrected chi connectivity index (χ0v) is 20.0. The van der Waals surface area contributed by atoms with Crippen molar-refractivity contribution in [3.63, 3.8) is 0 Å². The van der Waals surface area contributed by atoms with Crippen LogP contribution < -0.4 is 9.64 Å². The third kappa shape index (κ3) is 5.00. The summed E-state index contributed by atoms with van der Waals surface area (Å²) in [6.07, 6.45) is 1.69. The van der Waals surface area contributed by atoms with E-state index in [0.29, 0.717) is 14.8 Å². The standard InChI is InChI=1S/C25H17ClFNO3S2/c1-14-3-9-20(15(2)11-14)28-23(29)22(33-25(28)32)13-16-4-10-21(19(26)12-16)31-24(30)17-5-7-18(27)8-6-17/h3-13H,1-2H3. The van der Waals surface area contributed by atoms with Crippen LogP contribution in [0.5, 0.6) is 5.75 Å². The number of ether oxygens (including phenoxy) is 1. The number of halogens is 2. The molecule has 0 saturated carbocycles. The van der Waals surface area contributed by atoms with E-state index >= 15 is 0 Å². The smallest absolute Gasteiger partial charge is 0.343 e. The number of nitrogens with zero attached hydrogens (tertiary/aromatic N) is 1. The van der Waals surface area contributed by atoms with Crippen molar-refractivity contribution < 1.29 is 18.7 Å². The molecule has 1 aliphatic rings. The molecule has 3 aromatic rings. The molecule has 4 nitrogen and oxygen atoms in total. The molecular formula is C25H17ClFNO3S2. The second kappa shape index (κ2) is 9.47. The van der Waals surface area contributed by atoms with E-state index in [2.05, 4.69) is 0 Å². The van der Waals surface area contributed by atoms with E-state index < -0.39 is 11.8 Å². The van der Waals surface area contributed by atoms with E-state index in [1.165, 1.54) is 40.9 Å². The van der Waals surface area contributed by atoms with Gasteiger partial charge in [-0.05, 0) is 73.5 Å².